The maximum atomic E-state index is 11.0. The van der Waals surface area contributed by atoms with Crippen LogP contribution in [-0.4, -0.2) is 34.1 Å². The van der Waals surface area contributed by atoms with Crippen LogP contribution in [0.1, 0.15) is 49.2 Å². The van der Waals surface area contributed by atoms with E-state index >= 15 is 0 Å². The molecule has 2 heterocycles. The lowest BCUT2D eigenvalue weighted by atomic mass is 9.82. The monoisotopic (exact) mass is 263 g/mol. The van der Waals surface area contributed by atoms with Crippen molar-refractivity contribution in [3.8, 4) is 0 Å². The fraction of sp³-hybridized carbons (Fsp3) is 0.643. The van der Waals surface area contributed by atoms with E-state index in [0.29, 0.717) is 17.1 Å². The summed E-state index contributed by atoms with van der Waals surface area (Å²) in [6, 6.07) is 0. The predicted molar refractivity (Wildman–Crippen MR) is 73.6 cm³/mol. The smallest absolute Gasteiger partial charge is 0.339 e. The number of hydrogen-bond donors (Lipinski definition) is 1. The molecule has 1 aromatic heterocycles. The largest absolute Gasteiger partial charge is 0.478 e. The van der Waals surface area contributed by atoms with Crippen LogP contribution >= 0.6 is 0 Å². The number of carboxylic acid groups (broad SMARTS) is 1. The lowest BCUT2D eigenvalue weighted by molar-refractivity contribution is 0.0695. The van der Waals surface area contributed by atoms with Gasteiger partial charge < -0.3 is 10.0 Å². The quantitative estimate of drug-likeness (QED) is 0.904. The highest BCUT2D eigenvalue weighted by atomic mass is 16.4. The maximum absolute atomic E-state index is 11.0. The molecule has 0 saturated carbocycles. The Morgan fingerprint density at radius 2 is 2.16 bits per heavy atom. The summed E-state index contributed by atoms with van der Waals surface area (Å²) in [5.74, 6) is -0.312. The van der Waals surface area contributed by atoms with Crippen molar-refractivity contribution >= 4 is 11.9 Å². The van der Waals surface area contributed by atoms with Crippen molar-refractivity contribution in [2.45, 2.75) is 40.0 Å². The molecule has 0 bridgehead atoms. The van der Waals surface area contributed by atoms with Gasteiger partial charge in [0.25, 0.3) is 0 Å². The third-order valence-corrected chi connectivity index (χ3v) is 4.42. The normalized spacial score (nSPS) is 17.7. The van der Waals surface area contributed by atoms with E-state index in [2.05, 4.69) is 28.7 Å². The molecule has 0 spiro atoms. The van der Waals surface area contributed by atoms with Gasteiger partial charge in [-0.2, -0.15) is 0 Å². The van der Waals surface area contributed by atoms with E-state index in [9.17, 15) is 4.79 Å². The number of aryl methyl sites for hydroxylation is 1. The summed E-state index contributed by atoms with van der Waals surface area (Å²) in [5, 5.41) is 8.99. The molecule has 19 heavy (non-hydrogen) atoms. The number of aromatic carboxylic acids is 1. The number of carbonyl (C=O) groups is 1. The van der Waals surface area contributed by atoms with E-state index in [-0.39, 0.29) is 5.56 Å². The molecule has 5 heteroatoms. The van der Waals surface area contributed by atoms with Crippen LogP contribution in [0.5, 0.6) is 0 Å². The zero-order valence-corrected chi connectivity index (χ0v) is 11.8. The number of carboxylic acids is 1. The molecule has 0 radical (unpaired) electrons. The molecule has 0 atom stereocenters. The molecule has 1 N–H and O–H groups in total. The topological polar surface area (TPSA) is 66.3 Å². The van der Waals surface area contributed by atoms with Crippen molar-refractivity contribution in [2.24, 2.45) is 5.41 Å². The summed E-state index contributed by atoms with van der Waals surface area (Å²) in [4.78, 5) is 21.7. The zero-order valence-electron chi connectivity index (χ0n) is 11.8. The van der Waals surface area contributed by atoms with E-state index in [1.807, 2.05) is 0 Å². The fourth-order valence-electron chi connectivity index (χ4n) is 2.75. The molecule has 0 aliphatic carbocycles. The molecular weight excluding hydrogens is 242 g/mol. The van der Waals surface area contributed by atoms with Gasteiger partial charge in [-0.1, -0.05) is 13.8 Å². The van der Waals surface area contributed by atoms with Gasteiger partial charge in [0, 0.05) is 19.3 Å². The number of hydrogen-bond acceptors (Lipinski definition) is 4. The summed E-state index contributed by atoms with van der Waals surface area (Å²) in [6.45, 7) is 8.09. The van der Waals surface area contributed by atoms with Crippen molar-refractivity contribution in [3.05, 3.63) is 17.5 Å². The van der Waals surface area contributed by atoms with Gasteiger partial charge in [0.05, 0.1) is 11.3 Å². The molecular formula is C14H21N3O2. The van der Waals surface area contributed by atoms with Gasteiger partial charge in [-0.25, -0.2) is 14.8 Å². The summed E-state index contributed by atoms with van der Waals surface area (Å²) >= 11 is 0. The molecule has 0 amide bonds. The van der Waals surface area contributed by atoms with Crippen LogP contribution < -0.4 is 4.90 Å². The Bertz CT molecular complexity index is 484. The van der Waals surface area contributed by atoms with Crippen LogP contribution in [0, 0.1) is 12.3 Å². The molecule has 1 saturated heterocycles. The highest BCUT2D eigenvalue weighted by molar-refractivity contribution is 5.88. The fourth-order valence-corrected chi connectivity index (χ4v) is 2.75. The van der Waals surface area contributed by atoms with E-state index in [0.717, 1.165) is 32.4 Å². The maximum Gasteiger partial charge on any atom is 0.339 e. The van der Waals surface area contributed by atoms with Crippen molar-refractivity contribution in [1.29, 1.82) is 0 Å². The van der Waals surface area contributed by atoms with Crippen LogP contribution in [-0.2, 0) is 0 Å². The second-order valence-corrected chi connectivity index (χ2v) is 5.35. The Morgan fingerprint density at radius 1 is 1.47 bits per heavy atom. The second-order valence-electron chi connectivity index (χ2n) is 5.35. The first kappa shape index (κ1) is 13.8. The first-order valence-electron chi connectivity index (χ1n) is 6.83. The Kier molecular flexibility index (Phi) is 3.73. The number of aromatic nitrogens is 2. The Morgan fingerprint density at radius 3 is 2.63 bits per heavy atom. The van der Waals surface area contributed by atoms with Gasteiger partial charge in [-0.05, 0) is 31.6 Å². The summed E-state index contributed by atoms with van der Waals surface area (Å²) < 4.78 is 0. The van der Waals surface area contributed by atoms with Crippen molar-refractivity contribution in [2.75, 3.05) is 18.0 Å². The highest BCUT2D eigenvalue weighted by Crippen LogP contribution is 2.38. The summed E-state index contributed by atoms with van der Waals surface area (Å²) in [7, 11) is 0. The minimum absolute atomic E-state index is 0.181. The van der Waals surface area contributed by atoms with Crippen LogP contribution in [0.2, 0.25) is 0 Å². The highest BCUT2D eigenvalue weighted by Gasteiger charge is 2.36. The van der Waals surface area contributed by atoms with E-state index in [1.165, 1.54) is 6.20 Å². The molecule has 0 unspecified atom stereocenters. The molecule has 1 aromatic rings. The molecule has 0 aromatic carbocycles. The van der Waals surface area contributed by atoms with Gasteiger partial charge in [0.1, 0.15) is 0 Å². The average Bonchev–Trinajstić information content (AvgIpc) is 2.83. The van der Waals surface area contributed by atoms with Crippen LogP contribution in [0.25, 0.3) is 0 Å². The predicted octanol–water partition coefficient (Wildman–Crippen LogP) is 2.50. The molecule has 104 valence electrons. The standard InChI is InChI=1S/C14H21N3O2/c1-4-14(5-2)6-7-17(9-14)13-15-8-11(12(18)19)10(3)16-13/h8H,4-7,9H2,1-3H3,(H,18,19). The van der Waals surface area contributed by atoms with Gasteiger partial charge in [0.2, 0.25) is 5.95 Å². The van der Waals surface area contributed by atoms with Gasteiger partial charge >= 0.3 is 5.97 Å². The molecule has 1 fully saturated rings. The Hall–Kier alpha value is -1.65. The van der Waals surface area contributed by atoms with E-state index in [4.69, 9.17) is 5.11 Å². The van der Waals surface area contributed by atoms with Gasteiger partial charge in [0.15, 0.2) is 0 Å². The van der Waals surface area contributed by atoms with Gasteiger partial charge in [-0.15, -0.1) is 0 Å². The minimum Gasteiger partial charge on any atom is -0.478 e. The molecule has 1 aliphatic rings. The SMILES string of the molecule is CCC1(CC)CCN(c2ncc(C(=O)O)c(C)n2)C1. The Balaban J connectivity index is 2.21. The lowest BCUT2D eigenvalue weighted by Crippen LogP contribution is -2.27. The third kappa shape index (κ3) is 2.55. The van der Waals surface area contributed by atoms with E-state index in [1.54, 1.807) is 6.92 Å². The lowest BCUT2D eigenvalue weighted by Gasteiger charge is -2.26. The zero-order chi connectivity index (χ0) is 14.0. The average molecular weight is 263 g/mol. The van der Waals surface area contributed by atoms with E-state index < -0.39 is 5.97 Å². The van der Waals surface area contributed by atoms with Crippen molar-refractivity contribution in [3.63, 3.8) is 0 Å². The molecule has 5 nitrogen and oxygen atoms in total. The second kappa shape index (κ2) is 5.15. The molecule has 1 aliphatic heterocycles. The van der Waals surface area contributed by atoms with Gasteiger partial charge in [-0.3, -0.25) is 0 Å². The van der Waals surface area contributed by atoms with Crippen LogP contribution in [0.4, 0.5) is 5.95 Å². The Labute approximate surface area is 113 Å². The van der Waals surface area contributed by atoms with Crippen molar-refractivity contribution in [1.82, 2.24) is 9.97 Å². The third-order valence-electron chi connectivity index (χ3n) is 4.42. The first-order valence-corrected chi connectivity index (χ1v) is 6.83. The van der Waals surface area contributed by atoms with Crippen LogP contribution in [0.3, 0.4) is 0 Å². The number of nitrogens with zero attached hydrogens (tertiary/aromatic N) is 3. The minimum atomic E-state index is -0.970. The summed E-state index contributed by atoms with van der Waals surface area (Å²) in [5.41, 5.74) is 1.08. The van der Waals surface area contributed by atoms with Crippen molar-refractivity contribution < 1.29 is 9.90 Å². The first-order chi connectivity index (χ1) is 9.01. The van der Waals surface area contributed by atoms with Crippen LogP contribution in [0.15, 0.2) is 6.20 Å². The number of rotatable bonds is 4. The summed E-state index contributed by atoms with van der Waals surface area (Å²) in [6.07, 6.45) is 4.89. The number of anilines is 1. The molecule has 2 rings (SSSR count).